The summed E-state index contributed by atoms with van der Waals surface area (Å²) in [5.74, 6) is 0.178. The number of halogens is 3. The summed E-state index contributed by atoms with van der Waals surface area (Å²) in [6.45, 7) is 0. The van der Waals surface area contributed by atoms with Crippen LogP contribution in [0, 0.1) is 0 Å². The maximum absolute atomic E-state index is 12.4. The van der Waals surface area contributed by atoms with E-state index >= 15 is 0 Å². The van der Waals surface area contributed by atoms with E-state index in [1.807, 2.05) is 0 Å². The summed E-state index contributed by atoms with van der Waals surface area (Å²) < 4.78 is 37.1. The zero-order chi connectivity index (χ0) is 14.0. The molecule has 4 nitrogen and oxygen atoms in total. The first-order chi connectivity index (χ1) is 8.86. The number of hydrogen-bond acceptors (Lipinski definition) is 5. The lowest BCUT2D eigenvalue weighted by atomic mass is 10.3. The Kier molecular flexibility index (Phi) is 3.52. The van der Waals surface area contributed by atoms with Crippen molar-refractivity contribution < 1.29 is 13.2 Å². The maximum Gasteiger partial charge on any atom is 0.417 e. The number of nitrogens with two attached hydrogens (primary N) is 2. The van der Waals surface area contributed by atoms with Gasteiger partial charge in [0.25, 0.3) is 0 Å². The monoisotopic (exact) mass is 286 g/mol. The molecule has 0 bridgehead atoms. The third kappa shape index (κ3) is 3.28. The lowest BCUT2D eigenvalue weighted by molar-refractivity contribution is -0.137. The van der Waals surface area contributed by atoms with Gasteiger partial charge in [-0.15, -0.1) is 0 Å². The van der Waals surface area contributed by atoms with Crippen LogP contribution >= 0.6 is 11.8 Å². The third-order valence-corrected chi connectivity index (χ3v) is 3.09. The van der Waals surface area contributed by atoms with E-state index < -0.39 is 11.7 Å². The molecule has 0 amide bonds. The van der Waals surface area contributed by atoms with Crippen LogP contribution in [0.3, 0.4) is 0 Å². The molecule has 0 fully saturated rings. The smallest absolute Gasteiger partial charge is 0.396 e. The molecule has 19 heavy (non-hydrogen) atoms. The number of rotatable bonds is 2. The second-order valence-corrected chi connectivity index (χ2v) is 4.65. The normalized spacial score (nSPS) is 11.5. The summed E-state index contributed by atoms with van der Waals surface area (Å²) in [6, 6.07) is 5.45. The van der Waals surface area contributed by atoms with Crippen molar-refractivity contribution in [1.82, 2.24) is 9.97 Å². The highest BCUT2D eigenvalue weighted by molar-refractivity contribution is 7.99. The summed E-state index contributed by atoms with van der Waals surface area (Å²) >= 11 is 1.10. The van der Waals surface area contributed by atoms with Crippen molar-refractivity contribution in [2.75, 3.05) is 11.5 Å². The molecule has 0 atom stereocenters. The van der Waals surface area contributed by atoms with Gasteiger partial charge < -0.3 is 11.5 Å². The van der Waals surface area contributed by atoms with Crippen molar-refractivity contribution in [3.8, 4) is 0 Å². The summed E-state index contributed by atoms with van der Waals surface area (Å²) in [5.41, 5.74) is 10.6. The number of aromatic nitrogens is 2. The number of nitrogens with zero attached hydrogens (tertiary/aromatic N) is 2. The van der Waals surface area contributed by atoms with E-state index in [0.717, 1.165) is 24.0 Å². The van der Waals surface area contributed by atoms with Crippen LogP contribution in [0.25, 0.3) is 0 Å². The van der Waals surface area contributed by atoms with Crippen molar-refractivity contribution in [1.29, 1.82) is 0 Å². The van der Waals surface area contributed by atoms with Gasteiger partial charge in [0.2, 0.25) is 0 Å². The van der Waals surface area contributed by atoms with Gasteiger partial charge in [0.05, 0.1) is 11.3 Å². The molecule has 2 aromatic heterocycles. The van der Waals surface area contributed by atoms with E-state index in [1.54, 1.807) is 12.1 Å². The summed E-state index contributed by atoms with van der Waals surface area (Å²) in [4.78, 5) is 7.72. The molecular weight excluding hydrogens is 277 g/mol. The largest absolute Gasteiger partial charge is 0.417 e. The lowest BCUT2D eigenvalue weighted by Crippen LogP contribution is -2.05. The molecule has 0 radical (unpaired) electrons. The Morgan fingerprint density at radius 1 is 1.00 bits per heavy atom. The number of pyridine rings is 2. The topological polar surface area (TPSA) is 77.8 Å². The van der Waals surface area contributed by atoms with Gasteiger partial charge in [-0.2, -0.15) is 13.2 Å². The molecule has 2 heterocycles. The van der Waals surface area contributed by atoms with Crippen molar-refractivity contribution >= 4 is 23.3 Å². The Bertz CT molecular complexity index is 583. The van der Waals surface area contributed by atoms with Crippen LogP contribution < -0.4 is 11.5 Å². The second kappa shape index (κ2) is 4.96. The van der Waals surface area contributed by atoms with Crippen molar-refractivity contribution in [2.45, 2.75) is 16.2 Å². The fourth-order valence-electron chi connectivity index (χ4n) is 1.24. The predicted octanol–water partition coefficient (Wildman–Crippen LogP) is 2.81. The number of nitrogen functional groups attached to an aromatic ring is 2. The SMILES string of the molecule is Nc1ccc(Sc2ccc(C(F)(F)F)cn2)nc1N. The molecule has 0 aliphatic rings. The van der Waals surface area contributed by atoms with Crippen LogP contribution in [0.1, 0.15) is 5.56 Å². The Balaban J connectivity index is 2.17. The van der Waals surface area contributed by atoms with Gasteiger partial charge in [-0.1, -0.05) is 11.8 Å². The van der Waals surface area contributed by atoms with E-state index in [4.69, 9.17) is 11.5 Å². The van der Waals surface area contributed by atoms with Gasteiger partial charge in [-0.3, -0.25) is 0 Å². The Morgan fingerprint density at radius 3 is 2.21 bits per heavy atom. The fourth-order valence-corrected chi connectivity index (χ4v) is 1.98. The lowest BCUT2D eigenvalue weighted by Gasteiger charge is -2.07. The molecule has 0 aliphatic heterocycles. The van der Waals surface area contributed by atoms with Crippen LogP contribution in [0.15, 0.2) is 40.5 Å². The highest BCUT2D eigenvalue weighted by Gasteiger charge is 2.30. The van der Waals surface area contributed by atoms with Gasteiger partial charge in [0, 0.05) is 6.20 Å². The van der Waals surface area contributed by atoms with E-state index in [2.05, 4.69) is 9.97 Å². The van der Waals surface area contributed by atoms with E-state index in [-0.39, 0.29) is 5.82 Å². The summed E-state index contributed by atoms with van der Waals surface area (Å²) in [5, 5.41) is 0.906. The van der Waals surface area contributed by atoms with Crippen LogP contribution in [0.4, 0.5) is 24.7 Å². The molecule has 4 N–H and O–H groups in total. The highest BCUT2D eigenvalue weighted by atomic mass is 32.2. The molecule has 0 aliphatic carbocycles. The zero-order valence-corrected chi connectivity index (χ0v) is 10.3. The highest BCUT2D eigenvalue weighted by Crippen LogP contribution is 2.31. The Hall–Kier alpha value is -1.96. The maximum atomic E-state index is 12.4. The minimum Gasteiger partial charge on any atom is -0.396 e. The van der Waals surface area contributed by atoms with Crippen LogP contribution in [-0.4, -0.2) is 9.97 Å². The van der Waals surface area contributed by atoms with Crippen LogP contribution in [0.2, 0.25) is 0 Å². The second-order valence-electron chi connectivity index (χ2n) is 3.61. The van der Waals surface area contributed by atoms with Crippen molar-refractivity contribution in [3.63, 3.8) is 0 Å². The average molecular weight is 286 g/mol. The quantitative estimate of drug-likeness (QED) is 0.887. The summed E-state index contributed by atoms with van der Waals surface area (Å²) in [7, 11) is 0. The van der Waals surface area contributed by atoms with E-state index in [9.17, 15) is 13.2 Å². The molecule has 0 unspecified atom stereocenters. The molecule has 100 valence electrons. The number of anilines is 2. The first-order valence-electron chi connectivity index (χ1n) is 5.09. The number of hydrogen-bond donors (Lipinski definition) is 2. The Morgan fingerprint density at radius 2 is 1.68 bits per heavy atom. The molecule has 0 saturated carbocycles. The molecule has 0 spiro atoms. The first-order valence-corrected chi connectivity index (χ1v) is 5.91. The molecule has 2 rings (SSSR count). The van der Waals surface area contributed by atoms with Gasteiger partial charge in [-0.05, 0) is 24.3 Å². The average Bonchev–Trinajstić information content (AvgIpc) is 2.33. The van der Waals surface area contributed by atoms with Gasteiger partial charge in [-0.25, -0.2) is 9.97 Å². The minimum absolute atomic E-state index is 0.178. The van der Waals surface area contributed by atoms with Crippen molar-refractivity contribution in [2.24, 2.45) is 0 Å². The zero-order valence-electron chi connectivity index (χ0n) is 9.48. The molecule has 8 heteroatoms. The van der Waals surface area contributed by atoms with Gasteiger partial charge in [0.15, 0.2) is 0 Å². The summed E-state index contributed by atoms with van der Waals surface area (Å²) in [6.07, 6.45) is -3.61. The molecule has 0 saturated heterocycles. The van der Waals surface area contributed by atoms with Gasteiger partial charge >= 0.3 is 6.18 Å². The standard InChI is InChI=1S/C11H9F3N4S/c12-11(13,14)6-1-3-8(17-5-6)19-9-4-2-7(15)10(16)18-9/h1-5H,15H2,(H2,16,18). The molecule has 2 aromatic rings. The van der Waals surface area contributed by atoms with E-state index in [0.29, 0.717) is 15.7 Å². The molecule has 0 aromatic carbocycles. The Labute approximate surface area is 111 Å². The molecular formula is C11H9F3N4S. The first kappa shape index (κ1) is 13.5. The minimum atomic E-state index is -4.39. The predicted molar refractivity (Wildman–Crippen MR) is 66.4 cm³/mol. The number of alkyl halides is 3. The van der Waals surface area contributed by atoms with Crippen molar-refractivity contribution in [3.05, 3.63) is 36.0 Å². The third-order valence-electron chi connectivity index (χ3n) is 2.20. The van der Waals surface area contributed by atoms with E-state index in [1.165, 1.54) is 6.07 Å². The van der Waals surface area contributed by atoms with Crippen LogP contribution in [0.5, 0.6) is 0 Å². The van der Waals surface area contributed by atoms with Gasteiger partial charge in [0.1, 0.15) is 15.9 Å². The van der Waals surface area contributed by atoms with Crippen LogP contribution in [-0.2, 0) is 6.18 Å². The fraction of sp³-hybridized carbons (Fsp3) is 0.0909.